The molecule has 0 bridgehead atoms. The van der Waals surface area contributed by atoms with Gasteiger partial charge in [-0.2, -0.15) is 0 Å². The van der Waals surface area contributed by atoms with Crippen molar-refractivity contribution in [1.29, 1.82) is 0 Å². The standard InChI is InChI=1S/C10H22N2O/c1-9(13)7-12(3)10-5-4-6-11(2)8-10/h9-10,13H,4-8H2,1-3H3/t9-,10?/m0/s1. The monoisotopic (exact) mass is 186 g/mol. The van der Waals surface area contributed by atoms with Crippen molar-refractivity contribution < 1.29 is 5.11 Å². The molecule has 0 aromatic heterocycles. The van der Waals surface area contributed by atoms with E-state index in [2.05, 4.69) is 23.9 Å². The highest BCUT2D eigenvalue weighted by Gasteiger charge is 2.21. The number of likely N-dealkylation sites (tertiary alicyclic amines) is 1. The van der Waals surface area contributed by atoms with Gasteiger partial charge in [-0.25, -0.2) is 0 Å². The molecule has 2 atom stereocenters. The molecule has 3 nitrogen and oxygen atoms in total. The Morgan fingerprint density at radius 3 is 2.85 bits per heavy atom. The summed E-state index contributed by atoms with van der Waals surface area (Å²) in [5, 5.41) is 9.26. The Labute approximate surface area is 81.3 Å². The molecule has 0 radical (unpaired) electrons. The predicted octanol–water partition coefficient (Wildman–Crippen LogP) is 0.393. The summed E-state index contributed by atoms with van der Waals surface area (Å²) in [5.41, 5.74) is 0. The maximum atomic E-state index is 9.26. The van der Waals surface area contributed by atoms with Crippen LogP contribution in [0.2, 0.25) is 0 Å². The van der Waals surface area contributed by atoms with E-state index in [4.69, 9.17) is 0 Å². The first-order chi connectivity index (χ1) is 6.09. The molecule has 3 heteroatoms. The quantitative estimate of drug-likeness (QED) is 0.691. The van der Waals surface area contributed by atoms with Crippen LogP contribution >= 0.6 is 0 Å². The third-order valence-corrected chi connectivity index (χ3v) is 2.78. The van der Waals surface area contributed by atoms with E-state index in [0.717, 1.165) is 13.1 Å². The molecule has 1 rings (SSSR count). The summed E-state index contributed by atoms with van der Waals surface area (Å²) in [6.45, 7) is 5.00. The van der Waals surface area contributed by atoms with Crippen molar-refractivity contribution in [2.75, 3.05) is 33.7 Å². The highest BCUT2D eigenvalue weighted by Crippen LogP contribution is 2.13. The number of nitrogens with zero attached hydrogens (tertiary/aromatic N) is 2. The highest BCUT2D eigenvalue weighted by molar-refractivity contribution is 4.78. The second-order valence-corrected chi connectivity index (χ2v) is 4.35. The smallest absolute Gasteiger partial charge is 0.0639 e. The van der Waals surface area contributed by atoms with Gasteiger partial charge in [0.15, 0.2) is 0 Å². The molecule has 1 aliphatic heterocycles. The summed E-state index contributed by atoms with van der Waals surface area (Å²) in [6, 6.07) is 0.633. The van der Waals surface area contributed by atoms with Crippen molar-refractivity contribution >= 4 is 0 Å². The Morgan fingerprint density at radius 2 is 2.31 bits per heavy atom. The van der Waals surface area contributed by atoms with Crippen LogP contribution in [-0.2, 0) is 0 Å². The maximum Gasteiger partial charge on any atom is 0.0639 e. The lowest BCUT2D eigenvalue weighted by molar-refractivity contribution is 0.0826. The van der Waals surface area contributed by atoms with Crippen LogP contribution in [0.3, 0.4) is 0 Å². The topological polar surface area (TPSA) is 26.7 Å². The van der Waals surface area contributed by atoms with Gasteiger partial charge in [0.05, 0.1) is 6.10 Å². The maximum absolute atomic E-state index is 9.26. The van der Waals surface area contributed by atoms with Crippen LogP contribution in [0.25, 0.3) is 0 Å². The Hall–Kier alpha value is -0.120. The zero-order valence-electron chi connectivity index (χ0n) is 9.03. The number of hydrogen-bond acceptors (Lipinski definition) is 3. The van der Waals surface area contributed by atoms with Crippen molar-refractivity contribution in [3.63, 3.8) is 0 Å². The largest absolute Gasteiger partial charge is 0.392 e. The lowest BCUT2D eigenvalue weighted by Gasteiger charge is -2.36. The van der Waals surface area contributed by atoms with Crippen LogP contribution in [-0.4, -0.2) is 60.8 Å². The summed E-state index contributed by atoms with van der Waals surface area (Å²) in [6.07, 6.45) is 2.34. The average Bonchev–Trinajstić information content (AvgIpc) is 2.03. The number of rotatable bonds is 3. The van der Waals surface area contributed by atoms with E-state index in [9.17, 15) is 5.11 Å². The Kier molecular flexibility index (Phi) is 4.16. The van der Waals surface area contributed by atoms with Crippen LogP contribution in [0.5, 0.6) is 0 Å². The Balaban J connectivity index is 2.32. The van der Waals surface area contributed by atoms with Crippen LogP contribution in [0.4, 0.5) is 0 Å². The third-order valence-electron chi connectivity index (χ3n) is 2.78. The van der Waals surface area contributed by atoms with E-state index in [1.54, 1.807) is 0 Å². The van der Waals surface area contributed by atoms with Gasteiger partial charge in [0.25, 0.3) is 0 Å². The fourth-order valence-electron chi connectivity index (χ4n) is 2.06. The van der Waals surface area contributed by atoms with E-state index < -0.39 is 0 Å². The van der Waals surface area contributed by atoms with Crippen molar-refractivity contribution in [1.82, 2.24) is 9.80 Å². The summed E-state index contributed by atoms with van der Waals surface area (Å²) in [4.78, 5) is 4.65. The predicted molar refractivity (Wildman–Crippen MR) is 54.8 cm³/mol. The lowest BCUT2D eigenvalue weighted by Crippen LogP contribution is -2.46. The van der Waals surface area contributed by atoms with Gasteiger partial charge in [-0.1, -0.05) is 0 Å². The molecule has 1 aliphatic rings. The van der Waals surface area contributed by atoms with E-state index in [1.165, 1.54) is 19.4 Å². The molecule has 1 saturated heterocycles. The summed E-state index contributed by atoms with van der Waals surface area (Å²) < 4.78 is 0. The lowest BCUT2D eigenvalue weighted by atomic mass is 10.0. The van der Waals surface area contributed by atoms with Gasteiger partial charge in [-0.15, -0.1) is 0 Å². The first-order valence-electron chi connectivity index (χ1n) is 5.16. The van der Waals surface area contributed by atoms with E-state index in [0.29, 0.717) is 6.04 Å². The van der Waals surface area contributed by atoms with E-state index >= 15 is 0 Å². The number of aliphatic hydroxyl groups excluding tert-OH is 1. The average molecular weight is 186 g/mol. The molecule has 0 aliphatic carbocycles. The molecule has 1 unspecified atom stereocenters. The SMILES string of the molecule is C[C@H](O)CN(C)C1CCCN(C)C1. The van der Waals surface area contributed by atoms with Gasteiger partial charge in [0.1, 0.15) is 0 Å². The molecular weight excluding hydrogens is 164 g/mol. The van der Waals surface area contributed by atoms with Crippen LogP contribution < -0.4 is 0 Å². The molecule has 0 aromatic rings. The minimum Gasteiger partial charge on any atom is -0.392 e. The molecule has 1 N–H and O–H groups in total. The van der Waals surface area contributed by atoms with Gasteiger partial charge < -0.3 is 10.0 Å². The third kappa shape index (κ3) is 3.63. The normalized spacial score (nSPS) is 27.9. The second-order valence-electron chi connectivity index (χ2n) is 4.35. The van der Waals surface area contributed by atoms with Gasteiger partial charge in [-0.05, 0) is 40.4 Å². The molecule has 78 valence electrons. The molecular formula is C10H22N2O. The summed E-state index contributed by atoms with van der Waals surface area (Å²) in [7, 11) is 4.28. The van der Waals surface area contributed by atoms with Crippen LogP contribution in [0.15, 0.2) is 0 Å². The number of hydrogen-bond donors (Lipinski definition) is 1. The first kappa shape index (κ1) is 11.0. The van der Waals surface area contributed by atoms with Gasteiger partial charge in [0, 0.05) is 19.1 Å². The molecule has 0 aromatic carbocycles. The van der Waals surface area contributed by atoms with Crippen molar-refractivity contribution in [3.8, 4) is 0 Å². The molecule has 0 saturated carbocycles. The molecule has 1 fully saturated rings. The molecule has 1 heterocycles. The van der Waals surface area contributed by atoms with Crippen molar-refractivity contribution in [3.05, 3.63) is 0 Å². The fourth-order valence-corrected chi connectivity index (χ4v) is 2.06. The number of piperidine rings is 1. The highest BCUT2D eigenvalue weighted by atomic mass is 16.3. The van der Waals surface area contributed by atoms with Gasteiger partial charge in [0.2, 0.25) is 0 Å². The number of aliphatic hydroxyl groups is 1. The van der Waals surface area contributed by atoms with E-state index in [-0.39, 0.29) is 6.10 Å². The van der Waals surface area contributed by atoms with Crippen LogP contribution in [0, 0.1) is 0 Å². The van der Waals surface area contributed by atoms with Crippen molar-refractivity contribution in [2.45, 2.75) is 31.9 Å². The summed E-state index contributed by atoms with van der Waals surface area (Å²) >= 11 is 0. The van der Waals surface area contributed by atoms with Gasteiger partial charge >= 0.3 is 0 Å². The Morgan fingerprint density at radius 1 is 1.62 bits per heavy atom. The number of likely N-dealkylation sites (N-methyl/N-ethyl adjacent to an activating group) is 2. The Bertz CT molecular complexity index is 150. The fraction of sp³-hybridized carbons (Fsp3) is 1.00. The van der Waals surface area contributed by atoms with Crippen LogP contribution in [0.1, 0.15) is 19.8 Å². The summed E-state index contributed by atoms with van der Waals surface area (Å²) in [5.74, 6) is 0. The zero-order valence-corrected chi connectivity index (χ0v) is 9.03. The zero-order chi connectivity index (χ0) is 9.84. The molecule has 13 heavy (non-hydrogen) atoms. The molecule has 0 spiro atoms. The molecule has 0 amide bonds. The van der Waals surface area contributed by atoms with Crippen molar-refractivity contribution in [2.24, 2.45) is 0 Å². The van der Waals surface area contributed by atoms with Gasteiger partial charge in [-0.3, -0.25) is 4.90 Å². The minimum absolute atomic E-state index is 0.211. The minimum atomic E-state index is -0.211. The van der Waals surface area contributed by atoms with E-state index in [1.807, 2.05) is 6.92 Å². The second kappa shape index (κ2) is 4.94. The first-order valence-corrected chi connectivity index (χ1v) is 5.16.